The molecule has 0 spiro atoms. The second-order valence-corrected chi connectivity index (χ2v) is 5.60. The van der Waals surface area contributed by atoms with Gasteiger partial charge in [0.25, 0.3) is 0 Å². The Hall–Kier alpha value is -1.64. The summed E-state index contributed by atoms with van der Waals surface area (Å²) in [5, 5.41) is 10.3. The Morgan fingerprint density at radius 2 is 1.45 bits per heavy atom. The van der Waals surface area contributed by atoms with Crippen LogP contribution in [0.25, 0.3) is 0 Å². The number of hydrogen-bond donors (Lipinski definition) is 2. The molecule has 0 aliphatic heterocycles. The molecule has 0 bridgehead atoms. The molecule has 0 aliphatic rings. The van der Waals surface area contributed by atoms with Crippen molar-refractivity contribution in [3.05, 3.63) is 71.3 Å². The monoisotopic (exact) mass is 269 g/mol. The second kappa shape index (κ2) is 6.69. The molecule has 2 heteroatoms. The lowest BCUT2D eigenvalue weighted by molar-refractivity contribution is 0.145. The molecule has 2 atom stereocenters. The maximum Gasteiger partial charge on any atom is 0.0773 e. The van der Waals surface area contributed by atoms with Crippen molar-refractivity contribution in [2.75, 3.05) is 0 Å². The van der Waals surface area contributed by atoms with Gasteiger partial charge in [-0.3, -0.25) is 0 Å². The molecule has 0 amide bonds. The van der Waals surface area contributed by atoms with Crippen LogP contribution in [0.3, 0.4) is 0 Å². The van der Waals surface area contributed by atoms with E-state index in [-0.39, 0.29) is 6.04 Å². The maximum absolute atomic E-state index is 10.3. The van der Waals surface area contributed by atoms with Crippen molar-refractivity contribution in [3.8, 4) is 0 Å². The molecular formula is C18H23NO. The third-order valence-electron chi connectivity index (χ3n) is 3.69. The molecule has 0 radical (unpaired) electrons. The van der Waals surface area contributed by atoms with E-state index < -0.39 is 6.10 Å². The fourth-order valence-electron chi connectivity index (χ4n) is 2.31. The zero-order valence-electron chi connectivity index (χ0n) is 12.2. The number of aliphatic hydroxyl groups is 1. The summed E-state index contributed by atoms with van der Waals surface area (Å²) in [6.45, 7) is 4.33. The first kappa shape index (κ1) is 14.8. The molecule has 20 heavy (non-hydrogen) atoms. The Labute approximate surface area is 121 Å². The zero-order valence-corrected chi connectivity index (χ0v) is 12.2. The average Bonchev–Trinajstić information content (AvgIpc) is 2.47. The largest absolute Gasteiger partial charge is 0.391 e. The predicted octanol–water partition coefficient (Wildman–Crippen LogP) is 3.41. The number of nitrogens with two attached hydrogens (primary N) is 1. The molecule has 0 saturated heterocycles. The first-order chi connectivity index (χ1) is 9.58. The Kier molecular flexibility index (Phi) is 4.94. The summed E-state index contributed by atoms with van der Waals surface area (Å²) in [6, 6.07) is 17.8. The smallest absolute Gasteiger partial charge is 0.0773 e. The fraction of sp³-hybridized carbons (Fsp3) is 0.333. The van der Waals surface area contributed by atoms with Crippen LogP contribution < -0.4 is 5.73 Å². The van der Waals surface area contributed by atoms with E-state index in [2.05, 4.69) is 26.0 Å². The summed E-state index contributed by atoms with van der Waals surface area (Å²) in [7, 11) is 0. The Balaban J connectivity index is 2.04. The Morgan fingerprint density at radius 3 is 2.00 bits per heavy atom. The average molecular weight is 269 g/mol. The van der Waals surface area contributed by atoms with Gasteiger partial charge >= 0.3 is 0 Å². The molecule has 0 aromatic heterocycles. The van der Waals surface area contributed by atoms with Gasteiger partial charge in [0, 0.05) is 6.42 Å². The van der Waals surface area contributed by atoms with E-state index in [1.807, 2.05) is 42.5 Å². The van der Waals surface area contributed by atoms with Crippen LogP contribution in [0.4, 0.5) is 0 Å². The van der Waals surface area contributed by atoms with E-state index in [0.717, 1.165) is 11.1 Å². The minimum absolute atomic E-state index is 0.351. The minimum atomic E-state index is -0.567. The number of hydrogen-bond acceptors (Lipinski definition) is 2. The highest BCUT2D eigenvalue weighted by molar-refractivity contribution is 5.28. The molecule has 2 nitrogen and oxygen atoms in total. The normalized spacial score (nSPS) is 14.2. The van der Waals surface area contributed by atoms with Gasteiger partial charge in [0.05, 0.1) is 12.1 Å². The molecule has 2 aromatic carbocycles. The molecule has 2 aromatic rings. The maximum atomic E-state index is 10.3. The first-order valence-electron chi connectivity index (χ1n) is 7.15. The standard InChI is InChI=1S/C18H23NO/c1-13(2)15-8-10-16(11-9-15)18(19)17(20)12-14-6-4-3-5-7-14/h3-11,13,17-18,20H,12,19H2,1-2H3/t17-,18+/m1/s1. The topological polar surface area (TPSA) is 46.2 Å². The van der Waals surface area contributed by atoms with Crippen LogP contribution >= 0.6 is 0 Å². The van der Waals surface area contributed by atoms with Gasteiger partial charge in [-0.2, -0.15) is 0 Å². The van der Waals surface area contributed by atoms with Gasteiger partial charge in [-0.15, -0.1) is 0 Å². The highest BCUT2D eigenvalue weighted by Gasteiger charge is 2.17. The van der Waals surface area contributed by atoms with Crippen molar-refractivity contribution >= 4 is 0 Å². The van der Waals surface area contributed by atoms with Crippen molar-refractivity contribution in [1.82, 2.24) is 0 Å². The molecule has 3 N–H and O–H groups in total. The number of aliphatic hydroxyl groups excluding tert-OH is 1. The van der Waals surface area contributed by atoms with Crippen LogP contribution in [0, 0.1) is 0 Å². The first-order valence-corrected chi connectivity index (χ1v) is 7.15. The predicted molar refractivity (Wildman–Crippen MR) is 83.6 cm³/mol. The van der Waals surface area contributed by atoms with Gasteiger partial charge in [-0.25, -0.2) is 0 Å². The highest BCUT2D eigenvalue weighted by Crippen LogP contribution is 2.21. The van der Waals surface area contributed by atoms with E-state index in [9.17, 15) is 5.11 Å². The van der Waals surface area contributed by atoms with Crippen LogP contribution in [-0.2, 0) is 6.42 Å². The van der Waals surface area contributed by atoms with Crippen LogP contribution in [0.2, 0.25) is 0 Å². The van der Waals surface area contributed by atoms with Gasteiger partial charge < -0.3 is 10.8 Å². The molecule has 0 heterocycles. The van der Waals surface area contributed by atoms with E-state index in [4.69, 9.17) is 5.73 Å². The summed E-state index contributed by atoms with van der Waals surface area (Å²) in [4.78, 5) is 0. The quantitative estimate of drug-likeness (QED) is 0.873. The lowest BCUT2D eigenvalue weighted by Crippen LogP contribution is -2.28. The van der Waals surface area contributed by atoms with Crippen molar-refractivity contribution < 1.29 is 5.11 Å². The Morgan fingerprint density at radius 1 is 0.900 bits per heavy atom. The molecule has 0 aliphatic carbocycles. The van der Waals surface area contributed by atoms with Gasteiger partial charge in [0.1, 0.15) is 0 Å². The lowest BCUT2D eigenvalue weighted by Gasteiger charge is -2.20. The lowest BCUT2D eigenvalue weighted by atomic mass is 9.94. The molecule has 2 rings (SSSR count). The van der Waals surface area contributed by atoms with E-state index >= 15 is 0 Å². The minimum Gasteiger partial charge on any atom is -0.391 e. The number of rotatable bonds is 5. The second-order valence-electron chi connectivity index (χ2n) is 5.60. The van der Waals surface area contributed by atoms with Gasteiger partial charge in [0.2, 0.25) is 0 Å². The SMILES string of the molecule is CC(C)c1ccc([C@H](N)[C@H](O)Cc2ccccc2)cc1. The summed E-state index contributed by atoms with van der Waals surface area (Å²) >= 11 is 0. The van der Waals surface area contributed by atoms with E-state index in [0.29, 0.717) is 12.3 Å². The number of benzene rings is 2. The molecule has 106 valence electrons. The Bertz CT molecular complexity index is 519. The highest BCUT2D eigenvalue weighted by atomic mass is 16.3. The fourth-order valence-corrected chi connectivity index (χ4v) is 2.31. The third kappa shape index (κ3) is 3.69. The molecular weight excluding hydrogens is 246 g/mol. The van der Waals surface area contributed by atoms with Crippen molar-refractivity contribution in [3.63, 3.8) is 0 Å². The van der Waals surface area contributed by atoms with Crippen LogP contribution in [0.5, 0.6) is 0 Å². The molecule has 0 saturated carbocycles. The van der Waals surface area contributed by atoms with Crippen molar-refractivity contribution in [2.24, 2.45) is 5.73 Å². The van der Waals surface area contributed by atoms with Crippen LogP contribution in [-0.4, -0.2) is 11.2 Å². The van der Waals surface area contributed by atoms with Crippen LogP contribution in [0.1, 0.15) is 42.5 Å². The summed E-state index contributed by atoms with van der Waals surface area (Å²) in [6.07, 6.45) is 0.0100. The molecule has 0 unspecified atom stereocenters. The summed E-state index contributed by atoms with van der Waals surface area (Å²) in [5.74, 6) is 0.509. The summed E-state index contributed by atoms with van der Waals surface area (Å²) < 4.78 is 0. The van der Waals surface area contributed by atoms with Gasteiger partial charge in [0.15, 0.2) is 0 Å². The van der Waals surface area contributed by atoms with Crippen molar-refractivity contribution in [2.45, 2.75) is 38.3 Å². The third-order valence-corrected chi connectivity index (χ3v) is 3.69. The zero-order chi connectivity index (χ0) is 14.5. The van der Waals surface area contributed by atoms with Crippen molar-refractivity contribution in [1.29, 1.82) is 0 Å². The molecule has 0 fully saturated rings. The van der Waals surface area contributed by atoms with Gasteiger partial charge in [-0.05, 0) is 22.6 Å². The van der Waals surface area contributed by atoms with E-state index in [1.54, 1.807) is 0 Å². The van der Waals surface area contributed by atoms with E-state index in [1.165, 1.54) is 5.56 Å². The summed E-state index contributed by atoms with van der Waals surface area (Å²) in [5.41, 5.74) is 9.54. The van der Waals surface area contributed by atoms with Crippen LogP contribution in [0.15, 0.2) is 54.6 Å². The van der Waals surface area contributed by atoms with Gasteiger partial charge in [-0.1, -0.05) is 68.4 Å².